The number of urea groups is 1. The van der Waals surface area contributed by atoms with Crippen molar-refractivity contribution < 1.29 is 31.1 Å². The number of hydrogen-bond acceptors (Lipinski definition) is 9. The highest BCUT2D eigenvalue weighted by Gasteiger charge is 2.20. The Morgan fingerprint density at radius 1 is 1.09 bits per heavy atom. The molecule has 0 saturated carbocycles. The molecule has 22 heavy (non-hydrogen) atoms. The van der Waals surface area contributed by atoms with Crippen molar-refractivity contribution >= 4 is 32.2 Å². The Kier molecular flexibility index (Phi) is 5.45. The molecule has 0 aliphatic carbocycles. The van der Waals surface area contributed by atoms with E-state index in [-0.39, 0.29) is 17.7 Å². The molecule has 1 aromatic rings. The minimum Gasteiger partial charge on any atom is -0.481 e. The summed E-state index contributed by atoms with van der Waals surface area (Å²) in [6.45, 7) is 0. The van der Waals surface area contributed by atoms with Crippen LogP contribution in [0.3, 0.4) is 0 Å². The second-order valence-corrected chi connectivity index (χ2v) is 7.11. The van der Waals surface area contributed by atoms with E-state index in [1.165, 1.54) is 29.1 Å². The molecule has 14 heteroatoms. The van der Waals surface area contributed by atoms with Crippen LogP contribution in [0.5, 0.6) is 11.8 Å². The Morgan fingerprint density at radius 3 is 2.00 bits per heavy atom. The summed E-state index contributed by atoms with van der Waals surface area (Å²) in [7, 11) is -6.06. The third kappa shape index (κ3) is 6.06. The Balaban J connectivity index is 2.85. The zero-order valence-electron chi connectivity index (χ0n) is 11.6. The van der Waals surface area contributed by atoms with E-state index in [1.807, 2.05) is 5.32 Å². The average Bonchev–Trinajstić information content (AvgIpc) is 2.34. The SMILES string of the molecule is COc1cc(OC)nc(NC(=O)NS(=O)(=O)NS(C)(=O)=O)n1. The zero-order chi connectivity index (χ0) is 17.0. The average molecular weight is 355 g/mol. The molecule has 0 unspecified atom stereocenters. The van der Waals surface area contributed by atoms with Gasteiger partial charge in [0.2, 0.25) is 27.7 Å². The highest BCUT2D eigenvalue weighted by atomic mass is 32.3. The second kappa shape index (κ2) is 6.71. The van der Waals surface area contributed by atoms with E-state index in [2.05, 4.69) is 9.97 Å². The maximum absolute atomic E-state index is 11.5. The molecule has 0 saturated heterocycles. The lowest BCUT2D eigenvalue weighted by Crippen LogP contribution is -2.44. The molecule has 0 bridgehead atoms. The summed E-state index contributed by atoms with van der Waals surface area (Å²) in [6.07, 6.45) is 0.611. The Hall–Kier alpha value is -2.19. The summed E-state index contributed by atoms with van der Waals surface area (Å²) in [5.74, 6) is -0.207. The Bertz CT molecular complexity index is 739. The van der Waals surface area contributed by atoms with Gasteiger partial charge in [-0.2, -0.15) is 18.4 Å². The van der Waals surface area contributed by atoms with E-state index in [9.17, 15) is 21.6 Å². The predicted octanol–water partition coefficient (Wildman–Crippen LogP) is -1.59. The standard InChI is InChI=1S/C8H13N5O7S2/c1-19-5-4-6(20-2)10-7(9-5)11-8(14)12-22(17,18)13-21(3,15)16/h4,13H,1-3H3,(H2,9,10,11,12,14). The van der Waals surface area contributed by atoms with Gasteiger partial charge in [-0.1, -0.05) is 4.13 Å². The van der Waals surface area contributed by atoms with Gasteiger partial charge in [0.05, 0.1) is 26.5 Å². The van der Waals surface area contributed by atoms with Crippen molar-refractivity contribution in [2.24, 2.45) is 0 Å². The molecule has 1 heterocycles. The molecule has 1 rings (SSSR count). The number of amides is 2. The van der Waals surface area contributed by atoms with Crippen LogP contribution in [-0.4, -0.2) is 53.3 Å². The van der Waals surface area contributed by atoms with E-state index in [1.54, 1.807) is 0 Å². The molecule has 1 aromatic heterocycles. The molecule has 12 nitrogen and oxygen atoms in total. The minimum atomic E-state index is -4.61. The van der Waals surface area contributed by atoms with Crippen LogP contribution in [0, 0.1) is 0 Å². The van der Waals surface area contributed by atoms with Crippen molar-refractivity contribution in [3.63, 3.8) is 0 Å². The van der Waals surface area contributed by atoms with Gasteiger partial charge in [-0.3, -0.25) is 5.32 Å². The minimum absolute atomic E-state index is 0.0549. The number of carbonyl (C=O) groups excluding carboxylic acids is 1. The summed E-state index contributed by atoms with van der Waals surface area (Å²) in [6, 6.07) is 0.0388. The van der Waals surface area contributed by atoms with Crippen molar-refractivity contribution in [3.8, 4) is 11.8 Å². The van der Waals surface area contributed by atoms with E-state index in [4.69, 9.17) is 9.47 Å². The van der Waals surface area contributed by atoms with Crippen LogP contribution < -0.4 is 23.6 Å². The van der Waals surface area contributed by atoms with E-state index >= 15 is 0 Å². The van der Waals surface area contributed by atoms with Crippen molar-refractivity contribution in [1.29, 1.82) is 0 Å². The molecule has 0 atom stereocenters. The normalized spacial score (nSPS) is 11.6. The number of anilines is 1. The zero-order valence-corrected chi connectivity index (χ0v) is 13.3. The summed E-state index contributed by atoms with van der Waals surface area (Å²) >= 11 is 0. The smallest absolute Gasteiger partial charge is 0.336 e. The first-order valence-corrected chi connectivity index (χ1v) is 8.71. The number of aromatic nitrogens is 2. The van der Waals surface area contributed by atoms with Gasteiger partial charge in [0.1, 0.15) is 0 Å². The van der Waals surface area contributed by atoms with Crippen LogP contribution >= 0.6 is 0 Å². The van der Waals surface area contributed by atoms with Gasteiger partial charge in [-0.05, 0) is 0 Å². The monoisotopic (exact) mass is 355 g/mol. The van der Waals surface area contributed by atoms with Crippen LogP contribution in [0.25, 0.3) is 0 Å². The predicted molar refractivity (Wildman–Crippen MR) is 74.2 cm³/mol. The van der Waals surface area contributed by atoms with Crippen molar-refractivity contribution in [2.75, 3.05) is 25.8 Å². The molecule has 0 aliphatic rings. The highest BCUT2D eigenvalue weighted by Crippen LogP contribution is 2.17. The third-order valence-corrected chi connectivity index (χ3v) is 4.35. The number of nitrogens with one attached hydrogen (secondary N) is 3. The molecule has 0 fully saturated rings. The first-order chi connectivity index (χ1) is 10.0. The number of sulfonamides is 1. The summed E-state index contributed by atoms with van der Waals surface area (Å²) in [5.41, 5.74) is 0. The van der Waals surface area contributed by atoms with Crippen LogP contribution in [0.2, 0.25) is 0 Å². The first kappa shape index (κ1) is 17.9. The summed E-state index contributed by atoms with van der Waals surface area (Å²) in [5, 5.41) is 1.99. The number of nitrogens with zero attached hydrogens (tertiary/aromatic N) is 2. The number of ether oxygens (including phenoxy) is 2. The van der Waals surface area contributed by atoms with E-state index in [0.29, 0.717) is 6.26 Å². The van der Waals surface area contributed by atoms with E-state index in [0.717, 1.165) is 0 Å². The fourth-order valence-corrected chi connectivity index (χ4v) is 3.19. The Labute approximate surface area is 126 Å². The number of rotatable bonds is 6. The number of methoxy groups -OCH3 is 2. The molecule has 2 amide bonds. The number of carbonyl (C=O) groups is 1. The van der Waals surface area contributed by atoms with Crippen LogP contribution in [-0.2, 0) is 20.2 Å². The summed E-state index contributed by atoms with van der Waals surface area (Å²) < 4.78 is 56.7. The lowest BCUT2D eigenvalue weighted by molar-refractivity contribution is 0.256. The lowest BCUT2D eigenvalue weighted by Gasteiger charge is -2.09. The molecule has 0 aromatic carbocycles. The number of hydrogen-bond donors (Lipinski definition) is 3. The summed E-state index contributed by atoms with van der Waals surface area (Å²) in [4.78, 5) is 19.0. The second-order valence-electron chi connectivity index (χ2n) is 3.69. The van der Waals surface area contributed by atoms with Gasteiger partial charge in [-0.25, -0.2) is 17.9 Å². The largest absolute Gasteiger partial charge is 0.481 e. The van der Waals surface area contributed by atoms with Crippen LogP contribution in [0.4, 0.5) is 10.7 Å². The molecule has 124 valence electrons. The van der Waals surface area contributed by atoms with Crippen molar-refractivity contribution in [3.05, 3.63) is 6.07 Å². The first-order valence-electron chi connectivity index (χ1n) is 5.34. The van der Waals surface area contributed by atoms with Crippen molar-refractivity contribution in [2.45, 2.75) is 0 Å². The van der Waals surface area contributed by atoms with Gasteiger partial charge in [0.25, 0.3) is 0 Å². The maximum atomic E-state index is 11.5. The molecular formula is C8H13N5O7S2. The van der Waals surface area contributed by atoms with E-state index < -0.39 is 26.3 Å². The third-order valence-electron chi connectivity index (χ3n) is 1.81. The maximum Gasteiger partial charge on any atom is 0.336 e. The fourth-order valence-electron chi connectivity index (χ4n) is 1.14. The van der Waals surface area contributed by atoms with Gasteiger partial charge in [-0.15, -0.1) is 0 Å². The molecule has 0 radical (unpaired) electrons. The van der Waals surface area contributed by atoms with Gasteiger partial charge in [0, 0.05) is 0 Å². The molecular weight excluding hydrogens is 342 g/mol. The highest BCUT2D eigenvalue weighted by molar-refractivity contribution is 8.03. The molecule has 0 spiro atoms. The molecule has 3 N–H and O–H groups in total. The van der Waals surface area contributed by atoms with Gasteiger partial charge in [0.15, 0.2) is 0 Å². The lowest BCUT2D eigenvalue weighted by atomic mass is 10.6. The van der Waals surface area contributed by atoms with Crippen LogP contribution in [0.1, 0.15) is 0 Å². The quantitative estimate of drug-likeness (QED) is 0.545. The molecule has 0 aliphatic heterocycles. The van der Waals surface area contributed by atoms with Crippen molar-refractivity contribution in [1.82, 2.24) is 18.8 Å². The van der Waals surface area contributed by atoms with Gasteiger partial charge >= 0.3 is 16.2 Å². The topological polar surface area (TPSA) is 166 Å². The Morgan fingerprint density at radius 2 is 1.59 bits per heavy atom. The fraction of sp³-hybridized carbons (Fsp3) is 0.375. The van der Waals surface area contributed by atoms with Gasteiger partial charge < -0.3 is 9.47 Å². The van der Waals surface area contributed by atoms with Crippen LogP contribution in [0.15, 0.2) is 6.07 Å².